The van der Waals surface area contributed by atoms with Gasteiger partial charge in [-0.05, 0) is 68.0 Å². The molecular weight excluding hydrogens is 453 g/mol. The van der Waals surface area contributed by atoms with Crippen molar-refractivity contribution in [1.82, 2.24) is 4.90 Å². The zero-order valence-corrected chi connectivity index (χ0v) is 21.2. The van der Waals surface area contributed by atoms with Crippen LogP contribution in [0.25, 0.3) is 0 Å². The third-order valence-electron chi connectivity index (χ3n) is 6.88. The number of amides is 1. The molecule has 1 saturated heterocycles. The Hall–Kier alpha value is -2.10. The molecule has 0 saturated carbocycles. The summed E-state index contributed by atoms with van der Waals surface area (Å²) < 4.78 is 0. The van der Waals surface area contributed by atoms with Gasteiger partial charge in [0.1, 0.15) is 5.78 Å². The van der Waals surface area contributed by atoms with Crippen LogP contribution in [0.5, 0.6) is 0 Å². The van der Waals surface area contributed by atoms with Crippen molar-refractivity contribution in [3.05, 3.63) is 82.4 Å². The van der Waals surface area contributed by atoms with E-state index in [2.05, 4.69) is 24.5 Å². The van der Waals surface area contributed by atoms with Crippen molar-refractivity contribution in [1.29, 1.82) is 0 Å². The molecule has 0 spiro atoms. The minimum Gasteiger partial charge on any atom is -0.332 e. The maximum atomic E-state index is 14.1. The molecule has 0 aliphatic carbocycles. The van der Waals surface area contributed by atoms with Crippen molar-refractivity contribution < 1.29 is 9.59 Å². The normalized spacial score (nSPS) is 23.9. The van der Waals surface area contributed by atoms with E-state index in [9.17, 15) is 9.59 Å². The summed E-state index contributed by atoms with van der Waals surface area (Å²) in [6.45, 7) is 9.67. The Labute approximate surface area is 207 Å². The molecule has 0 aromatic heterocycles. The number of benzene rings is 2. The highest BCUT2D eigenvalue weighted by Gasteiger charge is 2.50. The second-order valence-electron chi connectivity index (χ2n) is 9.43. The molecule has 3 nitrogen and oxygen atoms in total. The van der Waals surface area contributed by atoms with Crippen molar-refractivity contribution in [2.24, 2.45) is 5.41 Å². The van der Waals surface area contributed by atoms with Crippen molar-refractivity contribution in [3.63, 3.8) is 0 Å². The Bertz CT molecular complexity index is 1000. The second kappa shape index (κ2) is 10.9. The molecule has 1 heterocycles. The van der Waals surface area contributed by atoms with E-state index in [-0.39, 0.29) is 29.7 Å². The Morgan fingerprint density at radius 2 is 1.88 bits per heavy atom. The fraction of sp³-hybridized carbons (Fsp3) is 0.429. The second-order valence-corrected chi connectivity index (χ2v) is 10.3. The first-order valence-corrected chi connectivity index (χ1v) is 12.4. The van der Waals surface area contributed by atoms with E-state index >= 15 is 0 Å². The Morgan fingerprint density at radius 3 is 2.45 bits per heavy atom. The summed E-state index contributed by atoms with van der Waals surface area (Å²) in [4.78, 5) is 28.0. The van der Waals surface area contributed by atoms with Crippen LogP contribution in [0, 0.1) is 5.41 Å². The number of Topliss-reactive ketones (excluding diaryl/α,β-unsaturated/α-hetero) is 1. The number of allylic oxidation sites excluding steroid dienone is 1. The van der Waals surface area contributed by atoms with Crippen molar-refractivity contribution in [3.8, 4) is 0 Å². The van der Waals surface area contributed by atoms with E-state index in [1.54, 1.807) is 6.92 Å². The van der Waals surface area contributed by atoms with Gasteiger partial charge in [0, 0.05) is 28.4 Å². The summed E-state index contributed by atoms with van der Waals surface area (Å²) >= 11 is 12.6. The van der Waals surface area contributed by atoms with Gasteiger partial charge in [-0.25, -0.2) is 0 Å². The van der Waals surface area contributed by atoms with E-state index in [0.717, 1.165) is 17.5 Å². The molecule has 4 unspecified atom stereocenters. The summed E-state index contributed by atoms with van der Waals surface area (Å²) in [5.41, 5.74) is 1.57. The topological polar surface area (TPSA) is 37.4 Å². The predicted molar refractivity (Wildman–Crippen MR) is 137 cm³/mol. The van der Waals surface area contributed by atoms with Crippen molar-refractivity contribution in [2.75, 3.05) is 0 Å². The lowest BCUT2D eigenvalue weighted by molar-refractivity contribution is -0.155. The molecule has 2 aromatic rings. The number of carbonyl (C=O) groups is 2. The number of piperidine rings is 1. The fourth-order valence-electron chi connectivity index (χ4n) is 5.20. The number of nitrogens with zero attached hydrogens (tertiary/aromatic N) is 1. The maximum Gasteiger partial charge on any atom is 0.229 e. The monoisotopic (exact) mass is 485 g/mol. The van der Waals surface area contributed by atoms with Crippen LogP contribution in [0.15, 0.2) is 61.2 Å². The van der Waals surface area contributed by atoms with Crippen LogP contribution in [-0.4, -0.2) is 22.6 Å². The van der Waals surface area contributed by atoms with Gasteiger partial charge >= 0.3 is 0 Å². The quantitative estimate of drug-likeness (QED) is 0.340. The van der Waals surface area contributed by atoms with E-state index in [4.69, 9.17) is 23.2 Å². The molecule has 1 fully saturated rings. The predicted octanol–water partition coefficient (Wildman–Crippen LogP) is 7.78. The van der Waals surface area contributed by atoms with Gasteiger partial charge in [0.25, 0.3) is 0 Å². The fourth-order valence-corrected chi connectivity index (χ4v) is 5.52. The Kier molecular flexibility index (Phi) is 8.42. The van der Waals surface area contributed by atoms with E-state index < -0.39 is 5.41 Å². The van der Waals surface area contributed by atoms with Crippen molar-refractivity contribution >= 4 is 34.9 Å². The summed E-state index contributed by atoms with van der Waals surface area (Å²) in [7, 11) is 0. The van der Waals surface area contributed by atoms with Crippen LogP contribution >= 0.6 is 23.2 Å². The average molecular weight is 486 g/mol. The van der Waals surface area contributed by atoms with Crippen LogP contribution in [0.1, 0.15) is 76.0 Å². The highest BCUT2D eigenvalue weighted by Crippen LogP contribution is 2.52. The molecule has 1 aliphatic rings. The first-order chi connectivity index (χ1) is 15.7. The zero-order valence-electron chi connectivity index (χ0n) is 19.7. The van der Waals surface area contributed by atoms with E-state index in [1.165, 1.54) is 0 Å². The molecule has 176 valence electrons. The SMILES string of the molecule is C=CCC1(C)CC(c2cccc(Cl)c2)C(c2ccc(Cl)cc2)N(C(CC)CCC(C)=O)C1=O. The van der Waals surface area contributed by atoms with Gasteiger partial charge < -0.3 is 9.69 Å². The van der Waals surface area contributed by atoms with Crippen LogP contribution in [0.4, 0.5) is 0 Å². The molecule has 5 heteroatoms. The molecule has 0 N–H and O–H groups in total. The van der Waals surface area contributed by atoms with Crippen LogP contribution in [0.2, 0.25) is 10.0 Å². The summed E-state index contributed by atoms with van der Waals surface area (Å²) in [5, 5.41) is 1.34. The number of halogens is 2. The Balaban J connectivity index is 2.20. The zero-order chi connectivity index (χ0) is 24.2. The standard InChI is InChI=1S/C28H33Cl2NO2/c1-5-16-28(4)18-25(21-8-7-9-23(30)17-21)26(20-11-13-22(29)14-12-20)31(27(28)33)24(6-2)15-10-19(3)32/h5,7-9,11-14,17,24-26H,1,6,10,15-16,18H2,2-4H3. The summed E-state index contributed by atoms with van der Waals surface area (Å²) in [6, 6.07) is 15.5. The Morgan fingerprint density at radius 1 is 1.18 bits per heavy atom. The van der Waals surface area contributed by atoms with Gasteiger partial charge in [-0.3, -0.25) is 4.79 Å². The number of ketones is 1. The number of hydrogen-bond acceptors (Lipinski definition) is 2. The van der Waals surface area contributed by atoms with Crippen LogP contribution in [-0.2, 0) is 9.59 Å². The summed E-state index contributed by atoms with van der Waals surface area (Å²) in [6.07, 6.45) is 4.99. The first-order valence-electron chi connectivity index (χ1n) is 11.6. The van der Waals surface area contributed by atoms with E-state index in [0.29, 0.717) is 35.7 Å². The van der Waals surface area contributed by atoms with Gasteiger partial charge in [0.05, 0.1) is 11.5 Å². The highest BCUT2D eigenvalue weighted by molar-refractivity contribution is 6.30. The van der Waals surface area contributed by atoms with Crippen molar-refractivity contribution in [2.45, 2.75) is 70.9 Å². The minimum absolute atomic E-state index is 0.0407. The number of hydrogen-bond donors (Lipinski definition) is 0. The molecule has 33 heavy (non-hydrogen) atoms. The number of carbonyl (C=O) groups excluding carboxylic acids is 2. The number of likely N-dealkylation sites (tertiary alicyclic amines) is 1. The smallest absolute Gasteiger partial charge is 0.229 e. The third kappa shape index (κ3) is 5.70. The molecule has 4 atom stereocenters. The van der Waals surface area contributed by atoms with Crippen LogP contribution < -0.4 is 0 Å². The number of rotatable bonds is 9. The molecule has 1 aliphatic heterocycles. The summed E-state index contributed by atoms with van der Waals surface area (Å²) in [5.74, 6) is 0.302. The largest absolute Gasteiger partial charge is 0.332 e. The molecule has 3 rings (SSSR count). The molecule has 2 aromatic carbocycles. The lowest BCUT2D eigenvalue weighted by Crippen LogP contribution is -2.55. The highest BCUT2D eigenvalue weighted by atomic mass is 35.5. The maximum absolute atomic E-state index is 14.1. The lowest BCUT2D eigenvalue weighted by Gasteiger charge is -2.52. The van der Waals surface area contributed by atoms with Crippen LogP contribution in [0.3, 0.4) is 0 Å². The molecule has 0 bridgehead atoms. The third-order valence-corrected chi connectivity index (χ3v) is 7.37. The average Bonchev–Trinajstić information content (AvgIpc) is 2.77. The van der Waals surface area contributed by atoms with E-state index in [1.807, 2.05) is 55.5 Å². The molecule has 0 radical (unpaired) electrons. The molecular formula is C28H33Cl2NO2. The molecule has 1 amide bonds. The first kappa shape index (κ1) is 25.5. The van der Waals surface area contributed by atoms with Gasteiger partial charge in [-0.15, -0.1) is 6.58 Å². The van der Waals surface area contributed by atoms with Gasteiger partial charge in [-0.1, -0.05) is 67.4 Å². The van der Waals surface area contributed by atoms with Gasteiger partial charge in [-0.2, -0.15) is 0 Å². The van der Waals surface area contributed by atoms with Gasteiger partial charge in [0.15, 0.2) is 0 Å². The van der Waals surface area contributed by atoms with Gasteiger partial charge in [0.2, 0.25) is 5.91 Å². The lowest BCUT2D eigenvalue weighted by atomic mass is 9.67. The minimum atomic E-state index is -0.582.